The minimum absolute atomic E-state index is 0.283. The van der Waals surface area contributed by atoms with E-state index in [1.165, 1.54) is 12.8 Å². The number of benzene rings is 1. The van der Waals surface area contributed by atoms with Gasteiger partial charge in [0.1, 0.15) is 11.9 Å². The fraction of sp³-hybridized carbons (Fsp3) is 0.625. The summed E-state index contributed by atoms with van der Waals surface area (Å²) in [6.45, 7) is 6.34. The van der Waals surface area contributed by atoms with Crippen molar-refractivity contribution in [3.8, 4) is 5.75 Å². The van der Waals surface area contributed by atoms with E-state index in [1.54, 1.807) is 13.2 Å². The molecule has 0 aliphatic carbocycles. The summed E-state index contributed by atoms with van der Waals surface area (Å²) in [5, 5.41) is 11.6. The van der Waals surface area contributed by atoms with Crippen molar-refractivity contribution in [1.82, 2.24) is 4.90 Å². The zero-order valence-electron chi connectivity index (χ0n) is 12.5. The second-order valence-corrected chi connectivity index (χ2v) is 6.13. The van der Waals surface area contributed by atoms with Gasteiger partial charge in [0.15, 0.2) is 0 Å². The molecule has 2 atom stereocenters. The van der Waals surface area contributed by atoms with Crippen LogP contribution in [-0.2, 0) is 0 Å². The third-order valence-corrected chi connectivity index (χ3v) is 4.85. The van der Waals surface area contributed by atoms with Crippen LogP contribution in [0, 0.1) is 0 Å². The molecule has 1 aliphatic heterocycles. The van der Waals surface area contributed by atoms with Gasteiger partial charge in [0.25, 0.3) is 0 Å². The average molecular weight is 298 g/mol. The largest absolute Gasteiger partial charge is 0.496 e. The number of methoxy groups -OCH3 is 1. The lowest BCUT2D eigenvalue weighted by Gasteiger charge is -2.42. The molecule has 20 heavy (non-hydrogen) atoms. The van der Waals surface area contributed by atoms with Gasteiger partial charge >= 0.3 is 0 Å². The number of aliphatic hydroxyl groups excluding tert-OH is 1. The molecule has 3 nitrogen and oxygen atoms in total. The summed E-state index contributed by atoms with van der Waals surface area (Å²) in [6.07, 6.45) is 2.67. The summed E-state index contributed by atoms with van der Waals surface area (Å²) in [7, 11) is 1.62. The highest BCUT2D eigenvalue weighted by atomic mass is 35.5. The van der Waals surface area contributed by atoms with Crippen molar-refractivity contribution in [2.75, 3.05) is 20.2 Å². The van der Waals surface area contributed by atoms with Crippen LogP contribution in [0.4, 0.5) is 0 Å². The molecule has 0 amide bonds. The Morgan fingerprint density at radius 3 is 2.60 bits per heavy atom. The van der Waals surface area contributed by atoms with Crippen LogP contribution in [0.5, 0.6) is 5.75 Å². The van der Waals surface area contributed by atoms with Crippen molar-refractivity contribution < 1.29 is 9.84 Å². The summed E-state index contributed by atoms with van der Waals surface area (Å²) in [5.41, 5.74) is 0.491. The Labute approximate surface area is 126 Å². The number of nitrogens with zero attached hydrogens (tertiary/aromatic N) is 1. The smallest absolute Gasteiger partial charge is 0.124 e. The maximum Gasteiger partial charge on any atom is 0.124 e. The molecule has 1 aliphatic rings. The summed E-state index contributed by atoms with van der Waals surface area (Å²) < 4.78 is 5.39. The van der Waals surface area contributed by atoms with Crippen LogP contribution in [0.25, 0.3) is 0 Å². The Bertz CT molecular complexity index is 460. The van der Waals surface area contributed by atoms with Crippen LogP contribution < -0.4 is 4.74 Å². The molecule has 4 heteroatoms. The molecule has 2 unspecified atom stereocenters. The van der Waals surface area contributed by atoms with E-state index in [1.807, 2.05) is 12.1 Å². The van der Waals surface area contributed by atoms with E-state index in [4.69, 9.17) is 16.3 Å². The van der Waals surface area contributed by atoms with Crippen molar-refractivity contribution in [3.63, 3.8) is 0 Å². The molecular formula is C16H24ClNO2. The Kier molecular flexibility index (Phi) is 4.95. The molecule has 1 fully saturated rings. The van der Waals surface area contributed by atoms with Crippen molar-refractivity contribution in [2.24, 2.45) is 0 Å². The molecular weight excluding hydrogens is 274 g/mol. The Balaban J connectivity index is 2.36. The quantitative estimate of drug-likeness (QED) is 0.900. The van der Waals surface area contributed by atoms with Crippen LogP contribution in [0.1, 0.15) is 44.8 Å². The van der Waals surface area contributed by atoms with Gasteiger partial charge in [0.2, 0.25) is 0 Å². The summed E-state index contributed by atoms with van der Waals surface area (Å²) in [4.78, 5) is 2.39. The lowest BCUT2D eigenvalue weighted by Crippen LogP contribution is -2.49. The van der Waals surface area contributed by atoms with E-state index in [9.17, 15) is 5.11 Å². The second-order valence-electron chi connectivity index (χ2n) is 5.69. The first-order valence-electron chi connectivity index (χ1n) is 7.29. The molecule has 1 heterocycles. The van der Waals surface area contributed by atoms with E-state index >= 15 is 0 Å². The third-order valence-electron chi connectivity index (χ3n) is 4.62. The van der Waals surface area contributed by atoms with Crippen LogP contribution in [0.2, 0.25) is 5.02 Å². The lowest BCUT2D eigenvalue weighted by molar-refractivity contribution is -0.0151. The third kappa shape index (κ3) is 2.80. The minimum Gasteiger partial charge on any atom is -0.496 e. The first-order chi connectivity index (χ1) is 9.52. The SMILES string of the molecule is CCC(C)(C(O)c1cc(Cl)ccc1OC)N1CCCC1. The lowest BCUT2D eigenvalue weighted by atomic mass is 9.85. The van der Waals surface area contributed by atoms with Gasteiger partial charge in [-0.15, -0.1) is 0 Å². The highest BCUT2D eigenvalue weighted by Gasteiger charge is 2.40. The highest BCUT2D eigenvalue weighted by Crippen LogP contribution is 2.40. The first-order valence-corrected chi connectivity index (χ1v) is 7.67. The average Bonchev–Trinajstić information content (AvgIpc) is 3.00. The predicted molar refractivity (Wildman–Crippen MR) is 82.5 cm³/mol. The normalized spacial score (nSPS) is 20.6. The standard InChI is InChI=1S/C16H24ClNO2/c1-4-16(2,18-9-5-6-10-18)15(19)13-11-12(17)7-8-14(13)20-3/h7-8,11,15,19H,4-6,9-10H2,1-3H3. The molecule has 0 aromatic heterocycles. The van der Waals surface area contributed by atoms with Gasteiger partial charge in [0.05, 0.1) is 7.11 Å². The number of likely N-dealkylation sites (tertiary alicyclic amines) is 1. The summed E-state index contributed by atoms with van der Waals surface area (Å²) in [6, 6.07) is 5.42. The van der Waals surface area contributed by atoms with Crippen molar-refractivity contribution >= 4 is 11.6 Å². The van der Waals surface area contributed by atoms with Crippen LogP contribution >= 0.6 is 11.6 Å². The van der Waals surface area contributed by atoms with E-state index in [-0.39, 0.29) is 5.54 Å². The van der Waals surface area contributed by atoms with Crippen LogP contribution in [0.3, 0.4) is 0 Å². The molecule has 2 rings (SSSR count). The maximum absolute atomic E-state index is 11.0. The maximum atomic E-state index is 11.0. The molecule has 1 aromatic rings. The van der Waals surface area contributed by atoms with Crippen molar-refractivity contribution in [3.05, 3.63) is 28.8 Å². The van der Waals surface area contributed by atoms with E-state index in [0.717, 1.165) is 25.1 Å². The number of aliphatic hydroxyl groups is 1. The molecule has 1 aromatic carbocycles. The molecule has 0 radical (unpaired) electrons. The highest BCUT2D eigenvalue weighted by molar-refractivity contribution is 6.30. The van der Waals surface area contributed by atoms with Crippen molar-refractivity contribution in [1.29, 1.82) is 0 Å². The number of rotatable bonds is 5. The zero-order chi connectivity index (χ0) is 14.8. The number of hydrogen-bond donors (Lipinski definition) is 1. The van der Waals surface area contributed by atoms with Crippen LogP contribution in [-0.4, -0.2) is 35.7 Å². The predicted octanol–water partition coefficient (Wildman–Crippen LogP) is 3.65. The molecule has 0 spiro atoms. The van der Waals surface area contributed by atoms with E-state index in [0.29, 0.717) is 10.8 Å². The topological polar surface area (TPSA) is 32.7 Å². The number of halogens is 1. The molecule has 1 N–H and O–H groups in total. The Morgan fingerprint density at radius 1 is 1.40 bits per heavy atom. The minimum atomic E-state index is -0.612. The number of ether oxygens (including phenoxy) is 1. The Morgan fingerprint density at radius 2 is 2.05 bits per heavy atom. The van der Waals surface area contributed by atoms with Crippen molar-refractivity contribution in [2.45, 2.75) is 44.8 Å². The number of hydrogen-bond acceptors (Lipinski definition) is 3. The fourth-order valence-corrected chi connectivity index (χ4v) is 3.25. The molecule has 0 bridgehead atoms. The van der Waals surface area contributed by atoms with Gasteiger partial charge < -0.3 is 9.84 Å². The fourth-order valence-electron chi connectivity index (χ4n) is 3.07. The van der Waals surface area contributed by atoms with Gasteiger partial charge in [-0.25, -0.2) is 0 Å². The zero-order valence-corrected chi connectivity index (χ0v) is 13.3. The van der Waals surface area contributed by atoms with E-state index < -0.39 is 6.10 Å². The van der Waals surface area contributed by atoms with Gasteiger partial charge in [-0.05, 0) is 57.5 Å². The molecule has 112 valence electrons. The van der Waals surface area contributed by atoms with Gasteiger partial charge in [0, 0.05) is 16.1 Å². The summed E-state index contributed by atoms with van der Waals surface area (Å²) >= 11 is 6.09. The van der Waals surface area contributed by atoms with Gasteiger partial charge in [-0.3, -0.25) is 4.90 Å². The van der Waals surface area contributed by atoms with Crippen LogP contribution in [0.15, 0.2) is 18.2 Å². The van der Waals surface area contributed by atoms with E-state index in [2.05, 4.69) is 18.7 Å². The van der Waals surface area contributed by atoms with Gasteiger partial charge in [-0.1, -0.05) is 18.5 Å². The van der Waals surface area contributed by atoms with Gasteiger partial charge in [-0.2, -0.15) is 0 Å². The Hall–Kier alpha value is -0.770. The molecule has 1 saturated heterocycles. The second kappa shape index (κ2) is 6.33. The molecule has 0 saturated carbocycles. The first kappa shape index (κ1) is 15.6. The summed E-state index contributed by atoms with van der Waals surface area (Å²) in [5.74, 6) is 0.695. The monoisotopic (exact) mass is 297 g/mol.